The highest BCUT2D eigenvalue weighted by Gasteiger charge is 2.35. The summed E-state index contributed by atoms with van der Waals surface area (Å²) in [6.45, 7) is 3.39. The number of H-pyrrole nitrogens is 1. The molecule has 0 fully saturated rings. The highest BCUT2D eigenvalue weighted by atomic mass is 35.5. The second-order valence-corrected chi connectivity index (χ2v) is 8.63. The van der Waals surface area contributed by atoms with Crippen LogP contribution < -0.4 is 10.9 Å². The third kappa shape index (κ3) is 5.90. The van der Waals surface area contributed by atoms with Crippen molar-refractivity contribution in [2.75, 3.05) is 0 Å². The zero-order valence-corrected chi connectivity index (χ0v) is 18.9. The molecular weight excluding hydrogens is 451 g/mol. The van der Waals surface area contributed by atoms with Gasteiger partial charge in [0.05, 0.1) is 11.5 Å². The summed E-state index contributed by atoms with van der Waals surface area (Å²) in [5, 5.41) is 14.9. The Hall–Kier alpha value is -3.39. The van der Waals surface area contributed by atoms with E-state index in [1.54, 1.807) is 44.2 Å². The van der Waals surface area contributed by atoms with Crippen LogP contribution in [0.4, 0.5) is 4.39 Å². The van der Waals surface area contributed by atoms with Crippen LogP contribution in [0.25, 0.3) is 11.1 Å². The van der Waals surface area contributed by atoms with E-state index in [0.717, 1.165) is 11.6 Å². The summed E-state index contributed by atoms with van der Waals surface area (Å²) in [6, 6.07) is 11.8. The van der Waals surface area contributed by atoms with Crippen molar-refractivity contribution in [1.82, 2.24) is 10.5 Å². The van der Waals surface area contributed by atoms with Gasteiger partial charge in [-0.05, 0) is 55.5 Å². The molecule has 1 aromatic heterocycles. The van der Waals surface area contributed by atoms with E-state index in [1.165, 1.54) is 12.1 Å². The molecule has 33 heavy (non-hydrogen) atoms. The van der Waals surface area contributed by atoms with E-state index in [1.807, 2.05) is 0 Å². The zero-order chi connectivity index (χ0) is 24.2. The standard InChI is InChI=1S/C24H24ClFN2O5/c1-3-24(2,23(31)32)13-17(27-22(30)20-12-21(29)28-33-20)10-14-4-6-15(7-5-14)18-11-16(25)8-9-19(18)26/h4-9,11-12,17H,3,10,13H2,1-2H3,(H,27,30)(H,28,29)(H,31,32)/t17-,24-/m1/s1. The van der Waals surface area contributed by atoms with Gasteiger partial charge < -0.3 is 14.9 Å². The fourth-order valence-corrected chi connectivity index (χ4v) is 3.75. The van der Waals surface area contributed by atoms with Crippen LogP contribution >= 0.6 is 11.6 Å². The minimum absolute atomic E-state index is 0.157. The summed E-state index contributed by atoms with van der Waals surface area (Å²) in [5.74, 6) is -2.18. The van der Waals surface area contributed by atoms with Crippen LogP contribution in [-0.4, -0.2) is 28.2 Å². The number of hydrogen-bond acceptors (Lipinski definition) is 4. The second kappa shape index (κ2) is 10.0. The highest BCUT2D eigenvalue weighted by molar-refractivity contribution is 6.30. The van der Waals surface area contributed by atoms with Crippen LogP contribution in [0.3, 0.4) is 0 Å². The fraction of sp³-hybridized carbons (Fsp3) is 0.292. The van der Waals surface area contributed by atoms with E-state index in [0.29, 0.717) is 29.0 Å². The maximum Gasteiger partial charge on any atom is 0.309 e. The summed E-state index contributed by atoms with van der Waals surface area (Å²) in [7, 11) is 0. The van der Waals surface area contributed by atoms with Crippen molar-refractivity contribution in [3.05, 3.63) is 81.0 Å². The molecule has 0 saturated carbocycles. The Morgan fingerprint density at radius 2 is 1.91 bits per heavy atom. The third-order valence-corrected chi connectivity index (χ3v) is 5.99. The summed E-state index contributed by atoms with van der Waals surface area (Å²) in [6.07, 6.45) is 0.840. The van der Waals surface area contributed by atoms with Gasteiger partial charge in [-0.25, -0.2) is 4.39 Å². The largest absolute Gasteiger partial charge is 0.481 e. The molecule has 0 bridgehead atoms. The van der Waals surface area contributed by atoms with Gasteiger partial charge in [0.1, 0.15) is 5.82 Å². The minimum Gasteiger partial charge on any atom is -0.481 e. The number of rotatable bonds is 9. The van der Waals surface area contributed by atoms with Gasteiger partial charge in [-0.3, -0.25) is 14.4 Å². The van der Waals surface area contributed by atoms with Gasteiger partial charge >= 0.3 is 5.97 Å². The normalized spacial score (nSPS) is 13.8. The average Bonchev–Trinajstić information content (AvgIpc) is 3.22. The monoisotopic (exact) mass is 474 g/mol. The van der Waals surface area contributed by atoms with E-state index in [-0.39, 0.29) is 12.2 Å². The van der Waals surface area contributed by atoms with Gasteiger partial charge in [0.25, 0.3) is 11.5 Å². The molecule has 1 heterocycles. The van der Waals surface area contributed by atoms with Crippen molar-refractivity contribution in [1.29, 1.82) is 0 Å². The first kappa shape index (κ1) is 24.3. The van der Waals surface area contributed by atoms with Gasteiger partial charge in [-0.2, -0.15) is 5.16 Å². The second-order valence-electron chi connectivity index (χ2n) is 8.20. The Kier molecular flexibility index (Phi) is 7.38. The van der Waals surface area contributed by atoms with Crippen LogP contribution in [0.15, 0.2) is 57.8 Å². The molecule has 0 unspecified atom stereocenters. The molecule has 0 aliphatic rings. The molecule has 2 atom stereocenters. The zero-order valence-electron chi connectivity index (χ0n) is 18.2. The quantitative estimate of drug-likeness (QED) is 0.417. The minimum atomic E-state index is -1.07. The lowest BCUT2D eigenvalue weighted by atomic mass is 9.79. The van der Waals surface area contributed by atoms with E-state index in [4.69, 9.17) is 16.1 Å². The SMILES string of the molecule is CC[C@](C)(C[C@@H](Cc1ccc(-c2cc(Cl)ccc2F)cc1)NC(=O)c1cc(=O)[nH]o1)C(=O)O. The first-order valence-corrected chi connectivity index (χ1v) is 10.8. The van der Waals surface area contributed by atoms with Crippen molar-refractivity contribution in [3.8, 4) is 11.1 Å². The van der Waals surface area contributed by atoms with Gasteiger partial charge in [0, 0.05) is 16.6 Å². The number of carboxylic acid groups (broad SMARTS) is 1. The Morgan fingerprint density at radius 1 is 1.21 bits per heavy atom. The molecule has 174 valence electrons. The molecule has 1 amide bonds. The lowest BCUT2D eigenvalue weighted by molar-refractivity contribution is -0.148. The molecule has 0 aliphatic carbocycles. The predicted octanol–water partition coefficient (Wildman–Crippen LogP) is 4.66. The van der Waals surface area contributed by atoms with Crippen LogP contribution in [0.2, 0.25) is 5.02 Å². The van der Waals surface area contributed by atoms with Crippen molar-refractivity contribution in [2.45, 2.75) is 39.2 Å². The molecule has 0 saturated heterocycles. The molecule has 7 nitrogen and oxygen atoms in total. The number of aromatic amines is 1. The molecule has 3 N–H and O–H groups in total. The summed E-state index contributed by atoms with van der Waals surface area (Å²) in [4.78, 5) is 35.7. The number of aliphatic carboxylic acids is 1. The van der Waals surface area contributed by atoms with Crippen molar-refractivity contribution in [2.24, 2.45) is 5.41 Å². The molecule has 0 aliphatic heterocycles. The Balaban J connectivity index is 1.84. The number of benzene rings is 2. The average molecular weight is 475 g/mol. The molecule has 2 aromatic carbocycles. The van der Waals surface area contributed by atoms with E-state index in [2.05, 4.69) is 10.5 Å². The summed E-state index contributed by atoms with van der Waals surface area (Å²) >= 11 is 5.98. The third-order valence-electron chi connectivity index (χ3n) is 5.75. The number of amides is 1. The first-order chi connectivity index (χ1) is 15.6. The highest BCUT2D eigenvalue weighted by Crippen LogP contribution is 2.30. The van der Waals surface area contributed by atoms with Crippen LogP contribution in [0, 0.1) is 11.2 Å². The van der Waals surface area contributed by atoms with Gasteiger partial charge in [0.15, 0.2) is 0 Å². The van der Waals surface area contributed by atoms with Gasteiger partial charge in [-0.1, -0.05) is 42.8 Å². The maximum atomic E-state index is 14.2. The van der Waals surface area contributed by atoms with Crippen molar-refractivity contribution < 1.29 is 23.6 Å². The Bertz CT molecular complexity index is 1200. The number of hydrogen-bond donors (Lipinski definition) is 3. The van der Waals surface area contributed by atoms with E-state index in [9.17, 15) is 23.9 Å². The lowest BCUT2D eigenvalue weighted by Crippen LogP contribution is -2.42. The summed E-state index contributed by atoms with van der Waals surface area (Å²) in [5.41, 5.74) is 0.194. The van der Waals surface area contributed by atoms with Crippen LogP contribution in [-0.2, 0) is 11.2 Å². The predicted molar refractivity (Wildman–Crippen MR) is 122 cm³/mol. The maximum absolute atomic E-state index is 14.2. The van der Waals surface area contributed by atoms with Crippen molar-refractivity contribution in [3.63, 3.8) is 0 Å². The Labute approximate surface area is 194 Å². The molecule has 0 spiro atoms. The molecule has 9 heteroatoms. The molecule has 3 aromatic rings. The number of aromatic nitrogens is 1. The number of carbonyl (C=O) groups excluding carboxylic acids is 1. The van der Waals surface area contributed by atoms with Crippen LogP contribution in [0.1, 0.15) is 42.8 Å². The molecular formula is C24H24ClFN2O5. The Morgan fingerprint density at radius 3 is 2.48 bits per heavy atom. The van der Waals surface area contributed by atoms with Crippen molar-refractivity contribution >= 4 is 23.5 Å². The summed E-state index contributed by atoms with van der Waals surface area (Å²) < 4.78 is 19.0. The number of nitrogens with one attached hydrogen (secondary N) is 2. The van der Waals surface area contributed by atoms with Gasteiger partial charge in [-0.15, -0.1) is 0 Å². The van der Waals surface area contributed by atoms with E-state index < -0.39 is 34.7 Å². The number of carboxylic acids is 1. The fourth-order valence-electron chi connectivity index (χ4n) is 3.58. The molecule has 3 rings (SSSR count). The topological polar surface area (TPSA) is 112 Å². The lowest BCUT2D eigenvalue weighted by Gasteiger charge is -2.29. The van der Waals surface area contributed by atoms with E-state index >= 15 is 0 Å². The smallest absolute Gasteiger partial charge is 0.309 e. The number of carbonyl (C=O) groups is 2. The number of halogens is 2. The van der Waals surface area contributed by atoms with Gasteiger partial charge in [0.2, 0.25) is 5.76 Å². The van der Waals surface area contributed by atoms with Crippen LogP contribution in [0.5, 0.6) is 0 Å². The molecule has 0 radical (unpaired) electrons. The first-order valence-electron chi connectivity index (χ1n) is 10.4.